The Morgan fingerprint density at radius 3 is 2.29 bits per heavy atom. The Hall–Kier alpha value is -2.92. The number of nitrogens with zero attached hydrogens (tertiary/aromatic N) is 1. The molecular weight excluding hydrogens is 466 g/mol. The number of nitrogens with one attached hydrogen (secondary N) is 3. The standard InChI is InChI=1S/C25H35N5O4S/c1-2-3-13-27-23(26)20-11-9-18(10-12-20)14-28-24(33)21(15-31)29-25(34)22(16-32)30-35-17-19-7-5-4-6-8-19/h4-12,21-22,30-32H,2-3,13-17H2,1H3,(H2,26,27)(H,28,33)(H,29,34). The van der Waals surface area contributed by atoms with Crippen molar-refractivity contribution in [3.8, 4) is 0 Å². The maximum absolute atomic E-state index is 12.5. The number of rotatable bonds is 15. The molecule has 9 nitrogen and oxygen atoms in total. The minimum Gasteiger partial charge on any atom is -0.394 e. The molecule has 0 saturated carbocycles. The van der Waals surface area contributed by atoms with Crippen molar-refractivity contribution in [3.63, 3.8) is 0 Å². The number of aliphatic hydroxyl groups excluding tert-OH is 2. The number of hydrogen-bond acceptors (Lipinski definition) is 7. The summed E-state index contributed by atoms with van der Waals surface area (Å²) < 4.78 is 2.90. The van der Waals surface area contributed by atoms with Gasteiger partial charge >= 0.3 is 0 Å². The molecule has 2 unspecified atom stereocenters. The first-order valence-electron chi connectivity index (χ1n) is 11.6. The lowest BCUT2D eigenvalue weighted by Gasteiger charge is -2.20. The van der Waals surface area contributed by atoms with Gasteiger partial charge in [0.15, 0.2) is 0 Å². The highest BCUT2D eigenvalue weighted by atomic mass is 32.2. The van der Waals surface area contributed by atoms with Crippen molar-refractivity contribution in [1.29, 1.82) is 0 Å². The van der Waals surface area contributed by atoms with E-state index in [9.17, 15) is 19.8 Å². The summed E-state index contributed by atoms with van der Waals surface area (Å²) in [5.74, 6) is -0.0291. The van der Waals surface area contributed by atoms with Crippen molar-refractivity contribution in [1.82, 2.24) is 15.4 Å². The minimum absolute atomic E-state index is 0.215. The molecule has 0 aliphatic rings. The van der Waals surface area contributed by atoms with Crippen molar-refractivity contribution in [2.75, 3.05) is 19.8 Å². The number of amides is 2. The molecule has 2 atom stereocenters. The van der Waals surface area contributed by atoms with Crippen molar-refractivity contribution >= 4 is 29.6 Å². The molecule has 2 aromatic carbocycles. The van der Waals surface area contributed by atoms with E-state index in [1.165, 1.54) is 11.9 Å². The van der Waals surface area contributed by atoms with E-state index in [0.717, 1.165) is 29.5 Å². The summed E-state index contributed by atoms with van der Waals surface area (Å²) in [7, 11) is 0. The van der Waals surface area contributed by atoms with Gasteiger partial charge in [0.1, 0.15) is 17.9 Å². The van der Waals surface area contributed by atoms with Gasteiger partial charge in [-0.2, -0.15) is 0 Å². The lowest BCUT2D eigenvalue weighted by atomic mass is 10.1. The second-order valence-corrected chi connectivity index (χ2v) is 8.72. The van der Waals surface area contributed by atoms with Gasteiger partial charge in [-0.1, -0.05) is 79.9 Å². The Kier molecular flexibility index (Phi) is 12.8. The number of carbonyl (C=O) groups is 2. The third-order valence-corrected chi connectivity index (χ3v) is 6.06. The van der Waals surface area contributed by atoms with Crippen LogP contribution in [0.15, 0.2) is 59.6 Å². The summed E-state index contributed by atoms with van der Waals surface area (Å²) in [5, 5.41) is 24.4. The molecule has 35 heavy (non-hydrogen) atoms. The molecule has 2 aromatic rings. The van der Waals surface area contributed by atoms with E-state index in [0.29, 0.717) is 18.1 Å². The molecule has 0 aliphatic carbocycles. The first-order chi connectivity index (χ1) is 17.0. The zero-order chi connectivity index (χ0) is 25.5. The summed E-state index contributed by atoms with van der Waals surface area (Å²) >= 11 is 1.28. The number of unbranched alkanes of at least 4 members (excludes halogenated alkanes) is 1. The first-order valence-corrected chi connectivity index (χ1v) is 12.6. The third-order valence-electron chi connectivity index (χ3n) is 5.13. The van der Waals surface area contributed by atoms with Crippen molar-refractivity contribution in [2.24, 2.45) is 10.7 Å². The summed E-state index contributed by atoms with van der Waals surface area (Å²) in [6.07, 6.45) is 2.03. The van der Waals surface area contributed by atoms with Crippen molar-refractivity contribution < 1.29 is 19.8 Å². The second kappa shape index (κ2) is 15.9. The van der Waals surface area contributed by atoms with Gasteiger partial charge in [0.2, 0.25) is 11.8 Å². The Balaban J connectivity index is 1.82. The summed E-state index contributed by atoms with van der Waals surface area (Å²) in [6.45, 7) is 1.97. The molecule has 0 fully saturated rings. The Morgan fingerprint density at radius 1 is 0.971 bits per heavy atom. The molecule has 2 rings (SSSR count). The number of carbonyl (C=O) groups excluding carboxylic acids is 2. The maximum atomic E-state index is 12.5. The number of nitrogens with two attached hydrogens (primary N) is 1. The Morgan fingerprint density at radius 2 is 1.66 bits per heavy atom. The Labute approximate surface area is 210 Å². The van der Waals surface area contributed by atoms with Gasteiger partial charge in [-0.3, -0.25) is 14.6 Å². The summed E-state index contributed by atoms with van der Waals surface area (Å²) in [6, 6.07) is 14.9. The van der Waals surface area contributed by atoms with Crippen LogP contribution in [0, 0.1) is 0 Å². The van der Waals surface area contributed by atoms with E-state index in [1.807, 2.05) is 54.6 Å². The van der Waals surface area contributed by atoms with Gasteiger partial charge in [0, 0.05) is 24.4 Å². The van der Waals surface area contributed by atoms with Crippen LogP contribution in [-0.2, 0) is 21.9 Å². The zero-order valence-electron chi connectivity index (χ0n) is 19.9. The molecule has 10 heteroatoms. The van der Waals surface area contributed by atoms with Crippen LogP contribution in [0.25, 0.3) is 0 Å². The predicted octanol–water partition coefficient (Wildman–Crippen LogP) is 1.08. The molecule has 0 aromatic heterocycles. The molecule has 0 saturated heterocycles. The topological polar surface area (TPSA) is 149 Å². The largest absolute Gasteiger partial charge is 0.394 e. The van der Waals surface area contributed by atoms with Crippen LogP contribution in [-0.4, -0.2) is 59.7 Å². The maximum Gasteiger partial charge on any atom is 0.245 e. The smallest absolute Gasteiger partial charge is 0.245 e. The van der Waals surface area contributed by atoms with Crippen LogP contribution >= 0.6 is 11.9 Å². The fourth-order valence-electron chi connectivity index (χ4n) is 2.99. The van der Waals surface area contributed by atoms with Crippen LogP contribution in [0.4, 0.5) is 0 Å². The molecule has 0 heterocycles. The van der Waals surface area contributed by atoms with Gasteiger partial charge < -0.3 is 26.6 Å². The van der Waals surface area contributed by atoms with Crippen molar-refractivity contribution in [2.45, 2.75) is 44.1 Å². The van der Waals surface area contributed by atoms with E-state index in [-0.39, 0.29) is 6.54 Å². The quantitative estimate of drug-likeness (QED) is 0.0926. The predicted molar refractivity (Wildman–Crippen MR) is 140 cm³/mol. The van der Waals surface area contributed by atoms with Crippen molar-refractivity contribution in [3.05, 3.63) is 71.3 Å². The van der Waals surface area contributed by atoms with E-state index >= 15 is 0 Å². The Bertz CT molecular complexity index is 941. The number of aliphatic hydroxyl groups is 2. The van der Waals surface area contributed by atoms with Crippen LogP contribution < -0.4 is 21.1 Å². The average molecular weight is 502 g/mol. The van der Waals surface area contributed by atoms with Crippen LogP contribution in [0.2, 0.25) is 0 Å². The third kappa shape index (κ3) is 10.1. The van der Waals surface area contributed by atoms with E-state index in [2.05, 4.69) is 27.3 Å². The summed E-state index contributed by atoms with van der Waals surface area (Å²) in [4.78, 5) is 29.3. The monoisotopic (exact) mass is 501 g/mol. The number of amidine groups is 1. The summed E-state index contributed by atoms with van der Waals surface area (Å²) in [5.41, 5.74) is 8.70. The second-order valence-electron chi connectivity index (χ2n) is 7.91. The van der Waals surface area contributed by atoms with Crippen LogP contribution in [0.3, 0.4) is 0 Å². The number of aliphatic imine (C=N–C) groups is 1. The normalized spacial score (nSPS) is 13.2. The highest BCUT2D eigenvalue weighted by Crippen LogP contribution is 2.09. The molecular formula is C25H35N5O4S. The van der Waals surface area contributed by atoms with Gasteiger partial charge in [-0.15, -0.1) is 0 Å². The molecule has 0 radical (unpaired) electrons. The average Bonchev–Trinajstić information content (AvgIpc) is 2.89. The van der Waals surface area contributed by atoms with Gasteiger partial charge in [-0.05, 0) is 17.5 Å². The lowest BCUT2D eigenvalue weighted by molar-refractivity contribution is -0.131. The molecule has 0 aliphatic heterocycles. The zero-order valence-corrected chi connectivity index (χ0v) is 20.8. The molecule has 0 spiro atoms. The molecule has 7 N–H and O–H groups in total. The van der Waals surface area contributed by atoms with Gasteiger partial charge in [-0.25, -0.2) is 4.72 Å². The fourth-order valence-corrected chi connectivity index (χ4v) is 3.82. The van der Waals surface area contributed by atoms with Gasteiger partial charge in [0.05, 0.1) is 13.2 Å². The minimum atomic E-state index is -1.14. The SMILES string of the molecule is CCCCN=C(N)c1ccc(CNC(=O)C(CO)NC(=O)C(CO)NSCc2ccccc2)cc1. The lowest BCUT2D eigenvalue weighted by Crippen LogP contribution is -2.54. The van der Waals surface area contributed by atoms with E-state index < -0.39 is 37.1 Å². The number of hydrogen-bond donors (Lipinski definition) is 6. The molecule has 2 amide bonds. The van der Waals surface area contributed by atoms with Crippen LogP contribution in [0.5, 0.6) is 0 Å². The van der Waals surface area contributed by atoms with Crippen LogP contribution in [0.1, 0.15) is 36.5 Å². The number of benzene rings is 2. The molecule has 190 valence electrons. The van der Waals surface area contributed by atoms with E-state index in [4.69, 9.17) is 5.73 Å². The fraction of sp³-hybridized carbons (Fsp3) is 0.400. The highest BCUT2D eigenvalue weighted by molar-refractivity contribution is 7.96. The van der Waals surface area contributed by atoms with E-state index in [1.54, 1.807) is 0 Å². The first kappa shape index (κ1) is 28.3. The molecule has 0 bridgehead atoms. The highest BCUT2D eigenvalue weighted by Gasteiger charge is 2.24. The van der Waals surface area contributed by atoms with Gasteiger partial charge in [0.25, 0.3) is 0 Å².